The number of para-hydroxylation sites is 1. The molecule has 336 valence electrons. The highest BCUT2D eigenvalue weighted by Gasteiger charge is 2.32. The van der Waals surface area contributed by atoms with E-state index in [0.29, 0.717) is 37.1 Å². The van der Waals surface area contributed by atoms with Gasteiger partial charge in [0, 0.05) is 54.8 Å². The number of aliphatic imine (C=N–C) groups is 1. The van der Waals surface area contributed by atoms with Gasteiger partial charge >= 0.3 is 0 Å². The van der Waals surface area contributed by atoms with E-state index >= 15 is 0 Å². The first-order valence-corrected chi connectivity index (χ1v) is 21.6. The van der Waals surface area contributed by atoms with Crippen LogP contribution in [0.2, 0.25) is 0 Å². The van der Waals surface area contributed by atoms with Crippen molar-refractivity contribution in [3.63, 3.8) is 0 Å². The molecule has 0 aliphatic carbocycles. The topological polar surface area (TPSA) is 308 Å². The van der Waals surface area contributed by atoms with E-state index in [-0.39, 0.29) is 44.6 Å². The summed E-state index contributed by atoms with van der Waals surface area (Å²) in [6.07, 6.45) is 7.02. The molecule has 0 saturated carbocycles. The molecule has 4 rings (SSSR count). The molecule has 2 aromatic heterocycles. The van der Waals surface area contributed by atoms with Gasteiger partial charge in [-0.3, -0.25) is 38.8 Å². The van der Waals surface area contributed by atoms with Crippen LogP contribution < -0.4 is 53.5 Å². The van der Waals surface area contributed by atoms with E-state index in [9.17, 15) is 28.8 Å². The number of hydrogen-bond acceptors (Lipinski definition) is 10. The predicted molar refractivity (Wildman–Crippen MR) is 247 cm³/mol. The standard InChI is InChI=1S/C40H57BN14O6P2/c41-49-16-7-6-13-30(39(61)55-63)50-34(56)22-47-35(57)32(18-25-20-46-28-12-5-4-11-27(25)28)53-36(58)29(14-8-15-45-40(42)43)51-37(59)31(17-24-9-2-1-3-10-24)52-38(60)33(54-62)19-26-21-44-23-48-26/h1-5,9-12,20-21,23,29-33,46,49,54H,6-8,13-19,22,62-63H2,(H,44,48)(H,47,57)(H,50,56)(H,51,59)(H,52,60)(H,53,58)(H,55,61)(H4,42,43,45)/t29-,30-,31+,32-,33-/m0/s1. The monoisotopic (exact) mass is 902 g/mol. The Bertz CT molecular complexity index is 2120. The van der Waals surface area contributed by atoms with Crippen LogP contribution in [0, 0.1) is 0 Å². The molecule has 0 aliphatic heterocycles. The maximum absolute atomic E-state index is 14.3. The van der Waals surface area contributed by atoms with Crippen molar-refractivity contribution >= 4 is 79.1 Å². The van der Waals surface area contributed by atoms with Gasteiger partial charge in [0.05, 0.1) is 18.9 Å². The van der Waals surface area contributed by atoms with Crippen LogP contribution in [0.3, 0.4) is 0 Å². The van der Waals surface area contributed by atoms with Crippen LogP contribution >= 0.6 is 18.8 Å². The first-order valence-electron chi connectivity index (χ1n) is 20.4. The molecular weight excluding hydrogens is 845 g/mol. The summed E-state index contributed by atoms with van der Waals surface area (Å²) in [6, 6.07) is 11.3. The lowest BCUT2D eigenvalue weighted by Crippen LogP contribution is -2.59. The van der Waals surface area contributed by atoms with Gasteiger partial charge in [-0.15, -0.1) is 0 Å². The summed E-state index contributed by atoms with van der Waals surface area (Å²) in [5.41, 5.74) is 14.0. The second-order valence-corrected chi connectivity index (χ2v) is 15.3. The molecule has 0 spiro atoms. The van der Waals surface area contributed by atoms with Gasteiger partial charge in [-0.1, -0.05) is 57.9 Å². The fourth-order valence-corrected chi connectivity index (χ4v) is 7.17. The zero-order valence-corrected chi connectivity index (χ0v) is 37.1. The minimum absolute atomic E-state index is 0.00240. The van der Waals surface area contributed by atoms with Crippen molar-refractivity contribution in [1.29, 1.82) is 0 Å². The van der Waals surface area contributed by atoms with Crippen molar-refractivity contribution in [3.05, 3.63) is 90.1 Å². The van der Waals surface area contributed by atoms with Crippen LogP contribution in [0.5, 0.6) is 0 Å². The number of fused-ring (bicyclic) bond motifs is 1. The normalized spacial score (nSPS) is 13.4. The summed E-state index contributed by atoms with van der Waals surface area (Å²) in [4.78, 5) is 95.9. The van der Waals surface area contributed by atoms with Crippen LogP contribution in [0.15, 0.2) is 78.3 Å². The zero-order chi connectivity index (χ0) is 45.6. The molecule has 20 nitrogen and oxygen atoms in total. The molecule has 4 aromatic rings. The Morgan fingerprint density at radius 1 is 0.714 bits per heavy atom. The summed E-state index contributed by atoms with van der Waals surface area (Å²) in [6.45, 7) is 0.156. The Labute approximate surface area is 371 Å². The lowest BCUT2D eigenvalue weighted by Gasteiger charge is -2.26. The number of nitrogens with zero attached hydrogens (tertiary/aromatic N) is 2. The van der Waals surface area contributed by atoms with Gasteiger partial charge in [0.15, 0.2) is 13.9 Å². The van der Waals surface area contributed by atoms with Crippen molar-refractivity contribution in [3.8, 4) is 0 Å². The first kappa shape index (κ1) is 49.8. The number of aromatic nitrogens is 3. The maximum atomic E-state index is 14.3. The molecule has 6 amide bonds. The lowest BCUT2D eigenvalue weighted by atomic mass is 10.0. The number of rotatable bonds is 27. The molecule has 2 unspecified atom stereocenters. The lowest BCUT2D eigenvalue weighted by molar-refractivity contribution is -0.134. The minimum Gasteiger partial charge on any atom is -0.370 e. The molecule has 2 radical (unpaired) electrons. The average molecular weight is 903 g/mol. The number of nitrogens with one attached hydrogen (secondary N) is 10. The van der Waals surface area contributed by atoms with Gasteiger partial charge < -0.3 is 58.3 Å². The van der Waals surface area contributed by atoms with E-state index in [2.05, 4.69) is 80.7 Å². The van der Waals surface area contributed by atoms with Crippen molar-refractivity contribution < 1.29 is 28.8 Å². The van der Waals surface area contributed by atoms with Gasteiger partial charge in [-0.25, -0.2) is 4.98 Å². The number of amides is 6. The number of carbonyl (C=O) groups is 6. The number of H-pyrrole nitrogens is 2. The molecule has 2 aromatic carbocycles. The molecule has 7 atom stereocenters. The SMILES string of the molecule is [B]NCCCC[C@H](NC(=O)CNC(=O)[C@H](Cc1c[nH]c2ccccc12)NC(=O)[C@H](CCCN=C(N)N)NC(=O)[C@@H](Cc1ccccc1)NC(=O)[C@H](Cc1cnc[nH]1)NP)C(=O)NP. The Balaban J connectivity index is 1.57. The van der Waals surface area contributed by atoms with Crippen LogP contribution in [0.25, 0.3) is 10.9 Å². The Morgan fingerprint density at radius 3 is 2.05 bits per heavy atom. The molecule has 0 fully saturated rings. The summed E-state index contributed by atoms with van der Waals surface area (Å²) < 4.78 is 0. The van der Waals surface area contributed by atoms with Gasteiger partial charge in [-0.2, -0.15) is 0 Å². The van der Waals surface area contributed by atoms with Gasteiger partial charge in [0.1, 0.15) is 24.2 Å². The predicted octanol–water partition coefficient (Wildman–Crippen LogP) is -1.47. The van der Waals surface area contributed by atoms with Gasteiger partial charge in [0.2, 0.25) is 35.4 Å². The van der Waals surface area contributed by atoms with Gasteiger partial charge in [-0.05, 0) is 65.2 Å². The summed E-state index contributed by atoms with van der Waals surface area (Å²) in [5.74, 6) is -3.76. The number of imidazole rings is 1. The van der Waals surface area contributed by atoms with Gasteiger partial charge in [0.25, 0.3) is 0 Å². The van der Waals surface area contributed by atoms with Crippen molar-refractivity contribution in [2.75, 3.05) is 19.6 Å². The zero-order valence-electron chi connectivity index (χ0n) is 34.8. The summed E-state index contributed by atoms with van der Waals surface area (Å²) >= 11 is 0. The number of guanidine groups is 1. The number of benzene rings is 2. The number of hydrogen-bond donors (Lipinski definition) is 12. The maximum Gasteiger partial charge on any atom is 0.245 e. The number of aromatic amines is 2. The second kappa shape index (κ2) is 26.6. The van der Waals surface area contributed by atoms with Crippen molar-refractivity contribution in [1.82, 2.24) is 56.9 Å². The first-order chi connectivity index (χ1) is 30.4. The third kappa shape index (κ3) is 16.7. The number of carbonyl (C=O) groups excluding carboxylic acids is 6. The number of unbranched alkanes of at least 4 members (excludes halogenated alkanes) is 1. The third-order valence-corrected chi connectivity index (χ3v) is 10.7. The largest absolute Gasteiger partial charge is 0.370 e. The summed E-state index contributed by atoms with van der Waals surface area (Å²) in [7, 11) is 9.77. The third-order valence-electron chi connectivity index (χ3n) is 10.0. The van der Waals surface area contributed by atoms with Crippen LogP contribution in [0.1, 0.15) is 48.9 Å². The van der Waals surface area contributed by atoms with Crippen LogP contribution in [-0.4, -0.2) is 114 Å². The van der Waals surface area contributed by atoms with E-state index in [1.165, 1.54) is 6.33 Å². The molecule has 63 heavy (non-hydrogen) atoms. The highest BCUT2D eigenvalue weighted by Crippen LogP contribution is 2.19. The van der Waals surface area contributed by atoms with E-state index in [0.717, 1.165) is 16.5 Å². The second-order valence-electron chi connectivity index (χ2n) is 14.7. The highest BCUT2D eigenvalue weighted by molar-refractivity contribution is 7.15. The van der Waals surface area contributed by atoms with E-state index in [1.807, 2.05) is 54.6 Å². The minimum atomic E-state index is -1.24. The molecule has 14 N–H and O–H groups in total. The van der Waals surface area contributed by atoms with Crippen molar-refractivity contribution in [2.24, 2.45) is 16.5 Å². The Kier molecular flexibility index (Phi) is 21.0. The van der Waals surface area contributed by atoms with E-state index in [4.69, 9.17) is 19.4 Å². The molecule has 2 heterocycles. The van der Waals surface area contributed by atoms with Crippen LogP contribution in [0.4, 0.5) is 0 Å². The molecule has 0 saturated heterocycles. The molecule has 0 bridgehead atoms. The Hall–Kier alpha value is -5.88. The average Bonchev–Trinajstić information content (AvgIpc) is 3.96. The quantitative estimate of drug-likeness (QED) is 0.0108. The smallest absolute Gasteiger partial charge is 0.245 e. The fourth-order valence-electron chi connectivity index (χ4n) is 6.70. The summed E-state index contributed by atoms with van der Waals surface area (Å²) in [5, 5.41) is 22.4. The van der Waals surface area contributed by atoms with E-state index < -0.39 is 72.2 Å². The Morgan fingerprint density at radius 2 is 1.37 bits per heavy atom. The molecule has 23 heteroatoms. The number of nitrogens with two attached hydrogens (primary N) is 2. The molecular formula is C40H57BN14O6P2. The van der Waals surface area contributed by atoms with Crippen molar-refractivity contribution in [2.45, 2.75) is 81.6 Å². The van der Waals surface area contributed by atoms with Crippen LogP contribution in [-0.2, 0) is 48.0 Å². The highest BCUT2D eigenvalue weighted by atomic mass is 31.0. The fraction of sp³-hybridized carbons (Fsp3) is 0.400. The molecule has 0 aliphatic rings. The van der Waals surface area contributed by atoms with E-state index in [1.54, 1.807) is 12.4 Å².